The third kappa shape index (κ3) is 6.07. The Morgan fingerprint density at radius 1 is 1.25 bits per heavy atom. The number of piperidine rings is 2. The number of benzene rings is 1. The minimum atomic E-state index is -0.194. The summed E-state index contributed by atoms with van der Waals surface area (Å²) in [4.78, 5) is 20.8. The molecular formula is C21H33IN4O2. The van der Waals surface area contributed by atoms with Crippen molar-refractivity contribution in [2.75, 3.05) is 40.3 Å². The van der Waals surface area contributed by atoms with Crippen molar-refractivity contribution in [3.8, 4) is 0 Å². The summed E-state index contributed by atoms with van der Waals surface area (Å²) >= 11 is 0. The van der Waals surface area contributed by atoms with Crippen LogP contribution in [0.3, 0.4) is 0 Å². The Bertz CT molecular complexity index is 641. The largest absolute Gasteiger partial charge is 0.469 e. The first kappa shape index (κ1) is 22.9. The van der Waals surface area contributed by atoms with E-state index in [0.717, 1.165) is 32.0 Å². The van der Waals surface area contributed by atoms with Crippen molar-refractivity contribution >= 4 is 35.9 Å². The molecule has 0 aromatic heterocycles. The van der Waals surface area contributed by atoms with Crippen LogP contribution < -0.4 is 5.32 Å². The lowest BCUT2D eigenvalue weighted by Gasteiger charge is -2.48. The van der Waals surface area contributed by atoms with Crippen molar-refractivity contribution in [2.24, 2.45) is 10.9 Å². The molecule has 28 heavy (non-hydrogen) atoms. The molecule has 0 spiro atoms. The Labute approximate surface area is 185 Å². The monoisotopic (exact) mass is 500 g/mol. The van der Waals surface area contributed by atoms with Crippen LogP contribution in [0.15, 0.2) is 35.3 Å². The van der Waals surface area contributed by atoms with Crippen molar-refractivity contribution in [3.63, 3.8) is 0 Å². The highest BCUT2D eigenvalue weighted by Gasteiger charge is 2.36. The fourth-order valence-corrected chi connectivity index (χ4v) is 4.42. The van der Waals surface area contributed by atoms with Crippen LogP contribution in [0.4, 0.5) is 0 Å². The fraction of sp³-hybridized carbons (Fsp3) is 0.619. The number of carbonyl (C=O) groups excluding carboxylic acids is 1. The maximum Gasteiger partial charge on any atom is 0.307 e. The lowest BCUT2D eigenvalue weighted by atomic mass is 9.83. The van der Waals surface area contributed by atoms with E-state index in [0.29, 0.717) is 24.9 Å². The number of hydrogen-bond acceptors (Lipinski definition) is 4. The van der Waals surface area contributed by atoms with E-state index >= 15 is 0 Å². The van der Waals surface area contributed by atoms with Gasteiger partial charge < -0.3 is 15.0 Å². The van der Waals surface area contributed by atoms with Gasteiger partial charge in [-0.15, -0.1) is 24.0 Å². The van der Waals surface area contributed by atoms with E-state index < -0.39 is 0 Å². The number of halogens is 1. The van der Waals surface area contributed by atoms with E-state index in [1.54, 1.807) is 0 Å². The number of methoxy groups -OCH3 is 1. The summed E-state index contributed by atoms with van der Waals surface area (Å²) in [5.74, 6) is 1.38. The predicted molar refractivity (Wildman–Crippen MR) is 123 cm³/mol. The first-order chi connectivity index (χ1) is 13.2. The third-order valence-corrected chi connectivity index (χ3v) is 5.76. The van der Waals surface area contributed by atoms with Gasteiger partial charge in [0.2, 0.25) is 0 Å². The van der Waals surface area contributed by atoms with E-state index in [1.165, 1.54) is 32.1 Å². The second-order valence-electron chi connectivity index (χ2n) is 7.46. The highest BCUT2D eigenvalue weighted by atomic mass is 127. The van der Waals surface area contributed by atoms with Gasteiger partial charge in [0.25, 0.3) is 0 Å². The van der Waals surface area contributed by atoms with Crippen molar-refractivity contribution in [1.82, 2.24) is 15.1 Å². The Morgan fingerprint density at radius 2 is 2.04 bits per heavy atom. The molecule has 1 aromatic carbocycles. The van der Waals surface area contributed by atoms with Gasteiger partial charge in [-0.05, 0) is 37.3 Å². The lowest BCUT2D eigenvalue weighted by molar-refractivity contribution is -0.140. The Morgan fingerprint density at radius 3 is 2.75 bits per heavy atom. The molecule has 2 unspecified atom stereocenters. The topological polar surface area (TPSA) is 57.2 Å². The zero-order valence-corrected chi connectivity index (χ0v) is 19.3. The van der Waals surface area contributed by atoms with Gasteiger partial charge >= 0.3 is 5.97 Å². The van der Waals surface area contributed by atoms with E-state index in [9.17, 15) is 4.79 Å². The normalized spacial score (nSPS) is 22.8. The molecule has 0 radical (unpaired) electrons. The molecular weight excluding hydrogens is 467 g/mol. The van der Waals surface area contributed by atoms with E-state index in [1.807, 2.05) is 7.05 Å². The molecule has 0 aliphatic carbocycles. The zero-order valence-electron chi connectivity index (χ0n) is 17.0. The van der Waals surface area contributed by atoms with Crippen LogP contribution in [-0.2, 0) is 16.1 Å². The van der Waals surface area contributed by atoms with Gasteiger partial charge in [-0.25, -0.2) is 0 Å². The molecule has 2 saturated heterocycles. The molecule has 2 atom stereocenters. The number of ether oxygens (including phenoxy) is 1. The van der Waals surface area contributed by atoms with E-state index in [2.05, 4.69) is 50.4 Å². The molecule has 156 valence electrons. The first-order valence-electron chi connectivity index (χ1n) is 10.0. The van der Waals surface area contributed by atoms with Crippen molar-refractivity contribution in [2.45, 2.75) is 38.3 Å². The van der Waals surface area contributed by atoms with Gasteiger partial charge in [0, 0.05) is 39.3 Å². The Balaban J connectivity index is 0.00000280. The molecule has 1 aromatic rings. The standard InChI is InChI=1S/C21H32N4O2.HI/c1-22-21(23-12-10-20(26)27-2)25-14-11-19-18(16-25)9-6-13-24(19)15-17-7-4-3-5-8-17;/h3-5,7-8,18-19H,6,9-16H2,1-2H3,(H,22,23);1H. The lowest BCUT2D eigenvalue weighted by Crippen LogP contribution is -2.56. The van der Waals surface area contributed by atoms with Crippen LogP contribution in [0.2, 0.25) is 0 Å². The second-order valence-corrected chi connectivity index (χ2v) is 7.46. The van der Waals surface area contributed by atoms with Crippen molar-refractivity contribution in [1.29, 1.82) is 0 Å². The second kappa shape index (κ2) is 11.6. The molecule has 0 bridgehead atoms. The van der Waals surface area contributed by atoms with E-state index in [-0.39, 0.29) is 29.9 Å². The summed E-state index contributed by atoms with van der Waals surface area (Å²) in [7, 11) is 3.24. The Hall–Kier alpha value is -1.35. The molecule has 2 aliphatic rings. The van der Waals surface area contributed by atoms with E-state index in [4.69, 9.17) is 4.74 Å². The third-order valence-electron chi connectivity index (χ3n) is 5.76. The van der Waals surface area contributed by atoms with Crippen LogP contribution in [-0.4, -0.2) is 68.1 Å². The highest BCUT2D eigenvalue weighted by molar-refractivity contribution is 14.0. The molecule has 3 rings (SSSR count). The summed E-state index contributed by atoms with van der Waals surface area (Å²) in [6.07, 6.45) is 4.07. The SMILES string of the molecule is CN=C(NCCC(=O)OC)N1CCC2C(CCCN2Cc2ccccc2)C1.I. The summed E-state index contributed by atoms with van der Waals surface area (Å²) in [6.45, 7) is 4.85. The van der Waals surface area contributed by atoms with Gasteiger partial charge in [0.05, 0.1) is 13.5 Å². The first-order valence-corrected chi connectivity index (χ1v) is 10.0. The number of carbonyl (C=O) groups is 1. The molecule has 0 saturated carbocycles. The molecule has 6 nitrogen and oxygen atoms in total. The minimum absolute atomic E-state index is 0. The summed E-state index contributed by atoms with van der Waals surface area (Å²) in [5, 5.41) is 3.31. The summed E-state index contributed by atoms with van der Waals surface area (Å²) in [6, 6.07) is 11.5. The van der Waals surface area contributed by atoms with Crippen LogP contribution in [0.1, 0.15) is 31.2 Å². The number of rotatable bonds is 5. The van der Waals surface area contributed by atoms with Crippen LogP contribution >= 0.6 is 24.0 Å². The molecule has 2 aliphatic heterocycles. The fourth-order valence-electron chi connectivity index (χ4n) is 4.42. The average molecular weight is 500 g/mol. The Kier molecular flexibility index (Phi) is 9.50. The number of fused-ring (bicyclic) bond motifs is 1. The number of aliphatic imine (C=N–C) groups is 1. The predicted octanol–water partition coefficient (Wildman–Crippen LogP) is 2.73. The maximum absolute atomic E-state index is 11.3. The minimum Gasteiger partial charge on any atom is -0.469 e. The quantitative estimate of drug-likeness (QED) is 0.292. The molecule has 1 N–H and O–H groups in total. The molecule has 0 amide bonds. The average Bonchev–Trinajstić information content (AvgIpc) is 2.71. The number of guanidine groups is 1. The number of hydrogen-bond donors (Lipinski definition) is 1. The van der Waals surface area contributed by atoms with Gasteiger partial charge in [0.15, 0.2) is 5.96 Å². The van der Waals surface area contributed by atoms with Crippen LogP contribution in [0.5, 0.6) is 0 Å². The van der Waals surface area contributed by atoms with Gasteiger partial charge in [0.1, 0.15) is 0 Å². The van der Waals surface area contributed by atoms with Gasteiger partial charge in [-0.2, -0.15) is 0 Å². The van der Waals surface area contributed by atoms with Crippen molar-refractivity contribution < 1.29 is 9.53 Å². The summed E-state index contributed by atoms with van der Waals surface area (Å²) in [5.41, 5.74) is 1.40. The molecule has 2 heterocycles. The number of nitrogens with zero attached hydrogens (tertiary/aromatic N) is 3. The van der Waals surface area contributed by atoms with Crippen molar-refractivity contribution in [3.05, 3.63) is 35.9 Å². The molecule has 7 heteroatoms. The number of likely N-dealkylation sites (tertiary alicyclic amines) is 2. The number of esters is 1. The van der Waals surface area contributed by atoms with Crippen LogP contribution in [0.25, 0.3) is 0 Å². The van der Waals surface area contributed by atoms with Gasteiger partial charge in [-0.1, -0.05) is 30.3 Å². The smallest absolute Gasteiger partial charge is 0.307 e. The van der Waals surface area contributed by atoms with Gasteiger partial charge in [-0.3, -0.25) is 14.7 Å². The highest BCUT2D eigenvalue weighted by Crippen LogP contribution is 2.31. The number of nitrogens with one attached hydrogen (secondary N) is 1. The zero-order chi connectivity index (χ0) is 19.1. The maximum atomic E-state index is 11.3. The summed E-state index contributed by atoms with van der Waals surface area (Å²) < 4.78 is 4.70. The van der Waals surface area contributed by atoms with Crippen LogP contribution in [0, 0.1) is 5.92 Å². The molecule has 2 fully saturated rings.